The fourth-order valence-corrected chi connectivity index (χ4v) is 2.53. The number of carboxylic acid groups (broad SMARTS) is 1. The van der Waals surface area contributed by atoms with Gasteiger partial charge in [-0.1, -0.05) is 5.16 Å². The number of nitrogens with zero attached hydrogens (tertiary/aromatic N) is 2. The van der Waals surface area contributed by atoms with Crippen molar-refractivity contribution in [1.82, 2.24) is 10.1 Å². The molecular weight excluding hydrogens is 260 g/mol. The Balaban J connectivity index is 1.84. The maximum atomic E-state index is 10.3. The Morgan fingerprint density at radius 1 is 1.59 bits per heavy atom. The summed E-state index contributed by atoms with van der Waals surface area (Å²) in [6.45, 7) is 0. The van der Waals surface area contributed by atoms with E-state index in [4.69, 9.17) is 9.63 Å². The lowest BCUT2D eigenvalue weighted by molar-refractivity contribution is -0.136. The summed E-state index contributed by atoms with van der Waals surface area (Å²) < 4.78 is 5.10. The van der Waals surface area contributed by atoms with Gasteiger partial charge in [-0.3, -0.25) is 4.79 Å². The average Bonchev–Trinajstić information content (AvgIpc) is 2.94. The van der Waals surface area contributed by atoms with E-state index in [0.717, 1.165) is 5.56 Å². The molecule has 0 unspecified atom stereocenters. The Hall–Kier alpha value is -1.34. The summed E-state index contributed by atoms with van der Waals surface area (Å²) in [5, 5.41) is 16.2. The van der Waals surface area contributed by atoms with Crippen LogP contribution < -0.4 is 0 Å². The zero-order valence-electron chi connectivity index (χ0n) is 8.83. The molecule has 0 amide bonds. The minimum Gasteiger partial charge on any atom is -0.481 e. The number of aliphatic carboxylic acids is 1. The van der Waals surface area contributed by atoms with E-state index in [1.54, 1.807) is 11.3 Å². The zero-order chi connectivity index (χ0) is 12.1. The molecule has 0 atom stereocenters. The Kier molecular flexibility index (Phi) is 4.16. The van der Waals surface area contributed by atoms with Crippen molar-refractivity contribution in [2.24, 2.45) is 0 Å². The third kappa shape index (κ3) is 3.57. The van der Waals surface area contributed by atoms with Gasteiger partial charge in [0.2, 0.25) is 0 Å². The summed E-state index contributed by atoms with van der Waals surface area (Å²) in [5.74, 6) is 1.45. The van der Waals surface area contributed by atoms with Crippen molar-refractivity contribution in [1.29, 1.82) is 0 Å². The van der Waals surface area contributed by atoms with Crippen LogP contribution in [0.5, 0.6) is 0 Å². The highest BCUT2D eigenvalue weighted by atomic mass is 32.2. The number of hydrogen-bond donors (Lipinski definition) is 1. The van der Waals surface area contributed by atoms with E-state index in [9.17, 15) is 4.79 Å². The van der Waals surface area contributed by atoms with E-state index in [1.807, 2.05) is 16.8 Å². The van der Waals surface area contributed by atoms with Crippen LogP contribution in [0.1, 0.15) is 12.2 Å². The van der Waals surface area contributed by atoms with Crippen LogP contribution >= 0.6 is 23.1 Å². The van der Waals surface area contributed by atoms with Gasteiger partial charge in [-0.25, -0.2) is 0 Å². The lowest BCUT2D eigenvalue weighted by Gasteiger charge is -1.93. The van der Waals surface area contributed by atoms with Gasteiger partial charge in [0.05, 0.1) is 17.7 Å². The molecule has 17 heavy (non-hydrogen) atoms. The Morgan fingerprint density at radius 3 is 3.18 bits per heavy atom. The highest BCUT2D eigenvalue weighted by molar-refractivity contribution is 7.98. The van der Waals surface area contributed by atoms with Crippen LogP contribution in [0.2, 0.25) is 0 Å². The smallest absolute Gasteiger partial charge is 0.304 e. The van der Waals surface area contributed by atoms with Crippen molar-refractivity contribution in [2.45, 2.75) is 12.2 Å². The van der Waals surface area contributed by atoms with Crippen LogP contribution in [-0.4, -0.2) is 27.0 Å². The molecule has 2 aromatic rings. The molecule has 0 aromatic carbocycles. The summed E-state index contributed by atoms with van der Waals surface area (Å²) in [4.78, 5) is 14.5. The van der Waals surface area contributed by atoms with Gasteiger partial charge in [0, 0.05) is 11.1 Å². The minimum absolute atomic E-state index is 0.153. The molecule has 2 aromatic heterocycles. The van der Waals surface area contributed by atoms with Crippen LogP contribution in [0.15, 0.2) is 21.3 Å². The summed E-state index contributed by atoms with van der Waals surface area (Å²) in [7, 11) is 0. The van der Waals surface area contributed by atoms with E-state index in [0.29, 0.717) is 23.2 Å². The minimum atomic E-state index is -0.787. The molecular formula is C10H10N2O3S2. The molecule has 90 valence electrons. The van der Waals surface area contributed by atoms with Gasteiger partial charge in [-0.05, 0) is 11.4 Å². The molecule has 2 rings (SSSR count). The number of hydrogen-bond acceptors (Lipinski definition) is 6. The second kappa shape index (κ2) is 5.83. The first kappa shape index (κ1) is 12.1. The van der Waals surface area contributed by atoms with Crippen molar-refractivity contribution in [3.63, 3.8) is 0 Å². The predicted molar refractivity (Wildman–Crippen MR) is 66.0 cm³/mol. The molecule has 0 saturated carbocycles. The summed E-state index contributed by atoms with van der Waals surface area (Å²) >= 11 is 3.05. The number of rotatable bonds is 6. The van der Waals surface area contributed by atoms with E-state index in [1.165, 1.54) is 11.8 Å². The summed E-state index contributed by atoms with van der Waals surface area (Å²) in [5.41, 5.74) is 0.921. The van der Waals surface area contributed by atoms with Gasteiger partial charge >= 0.3 is 5.97 Å². The monoisotopic (exact) mass is 270 g/mol. The average molecular weight is 270 g/mol. The van der Waals surface area contributed by atoms with Gasteiger partial charge in [-0.2, -0.15) is 28.1 Å². The highest BCUT2D eigenvalue weighted by Crippen LogP contribution is 2.21. The third-order valence-corrected chi connectivity index (χ3v) is 3.57. The van der Waals surface area contributed by atoms with Crippen molar-refractivity contribution in [3.8, 4) is 11.5 Å². The van der Waals surface area contributed by atoms with E-state index in [2.05, 4.69) is 10.1 Å². The first-order chi connectivity index (χ1) is 8.25. The SMILES string of the molecule is O=C(O)CCSCc1noc(-c2ccsc2)n1. The number of carboxylic acids is 1. The van der Waals surface area contributed by atoms with E-state index >= 15 is 0 Å². The number of thiophene rings is 1. The van der Waals surface area contributed by atoms with Gasteiger partial charge in [-0.15, -0.1) is 0 Å². The van der Waals surface area contributed by atoms with Gasteiger partial charge in [0.1, 0.15) is 0 Å². The molecule has 0 bridgehead atoms. The first-order valence-corrected chi connectivity index (χ1v) is 7.00. The fraction of sp³-hybridized carbons (Fsp3) is 0.300. The number of aromatic nitrogens is 2. The molecule has 5 nitrogen and oxygen atoms in total. The molecule has 0 saturated heterocycles. The van der Waals surface area contributed by atoms with Crippen molar-refractivity contribution < 1.29 is 14.4 Å². The maximum absolute atomic E-state index is 10.3. The zero-order valence-corrected chi connectivity index (χ0v) is 10.5. The van der Waals surface area contributed by atoms with Crippen molar-refractivity contribution in [2.75, 3.05) is 5.75 Å². The Labute approximate surface area is 106 Å². The molecule has 0 radical (unpaired) electrons. The summed E-state index contributed by atoms with van der Waals surface area (Å²) in [6, 6.07) is 1.92. The normalized spacial score (nSPS) is 10.6. The quantitative estimate of drug-likeness (QED) is 0.813. The summed E-state index contributed by atoms with van der Waals surface area (Å²) in [6.07, 6.45) is 0.153. The van der Waals surface area contributed by atoms with E-state index < -0.39 is 5.97 Å². The molecule has 0 aliphatic heterocycles. The largest absolute Gasteiger partial charge is 0.481 e. The molecule has 7 heteroatoms. The lowest BCUT2D eigenvalue weighted by atomic mass is 10.3. The van der Waals surface area contributed by atoms with Crippen LogP contribution in [-0.2, 0) is 10.5 Å². The van der Waals surface area contributed by atoms with Gasteiger partial charge < -0.3 is 9.63 Å². The van der Waals surface area contributed by atoms with Gasteiger partial charge in [0.15, 0.2) is 5.82 Å². The fourth-order valence-electron chi connectivity index (χ4n) is 1.14. The maximum Gasteiger partial charge on any atom is 0.304 e. The van der Waals surface area contributed by atoms with Crippen LogP contribution in [0, 0.1) is 0 Å². The second-order valence-electron chi connectivity index (χ2n) is 3.22. The lowest BCUT2D eigenvalue weighted by Crippen LogP contribution is -1.96. The Bertz CT molecular complexity index is 481. The van der Waals surface area contributed by atoms with Crippen LogP contribution in [0.3, 0.4) is 0 Å². The number of carbonyl (C=O) groups is 1. The standard InChI is InChI=1S/C10H10N2O3S2/c13-9(14)2-4-17-6-8-11-10(15-12-8)7-1-3-16-5-7/h1,3,5H,2,4,6H2,(H,13,14). The van der Waals surface area contributed by atoms with Gasteiger partial charge in [0.25, 0.3) is 5.89 Å². The molecule has 2 heterocycles. The highest BCUT2D eigenvalue weighted by Gasteiger charge is 2.09. The predicted octanol–water partition coefficient (Wildman–Crippen LogP) is 2.51. The third-order valence-electron chi connectivity index (χ3n) is 1.93. The van der Waals surface area contributed by atoms with Crippen LogP contribution in [0.25, 0.3) is 11.5 Å². The van der Waals surface area contributed by atoms with Crippen molar-refractivity contribution >= 4 is 29.1 Å². The molecule has 1 N–H and O–H groups in total. The topological polar surface area (TPSA) is 76.2 Å². The molecule has 0 spiro atoms. The Morgan fingerprint density at radius 2 is 2.47 bits per heavy atom. The van der Waals surface area contributed by atoms with E-state index in [-0.39, 0.29) is 6.42 Å². The molecule has 0 aliphatic rings. The van der Waals surface area contributed by atoms with Crippen molar-refractivity contribution in [3.05, 3.63) is 22.7 Å². The number of thioether (sulfide) groups is 1. The second-order valence-corrected chi connectivity index (χ2v) is 5.11. The molecule has 0 aliphatic carbocycles. The molecule has 0 fully saturated rings. The van der Waals surface area contributed by atoms with Crippen LogP contribution in [0.4, 0.5) is 0 Å². The first-order valence-electron chi connectivity index (χ1n) is 4.90.